The third-order valence-corrected chi connectivity index (χ3v) is 3.09. The van der Waals surface area contributed by atoms with Crippen molar-refractivity contribution in [3.63, 3.8) is 0 Å². The Kier molecular flexibility index (Phi) is 3.11. The van der Waals surface area contributed by atoms with Crippen LogP contribution < -0.4 is 0 Å². The summed E-state index contributed by atoms with van der Waals surface area (Å²) in [5.41, 5.74) is 2.17. The van der Waals surface area contributed by atoms with E-state index in [0.29, 0.717) is 16.7 Å². The summed E-state index contributed by atoms with van der Waals surface area (Å²) < 4.78 is 1.56. The summed E-state index contributed by atoms with van der Waals surface area (Å²) >= 11 is 2.29. The predicted molar refractivity (Wildman–Crippen MR) is 64.3 cm³/mol. The van der Waals surface area contributed by atoms with E-state index in [0.717, 1.165) is 0 Å². The Labute approximate surface area is 98.1 Å². The van der Waals surface area contributed by atoms with Gasteiger partial charge in [0.1, 0.15) is 0 Å². The van der Waals surface area contributed by atoms with E-state index in [2.05, 4.69) is 71.4 Å². The van der Waals surface area contributed by atoms with Crippen molar-refractivity contribution in [2.45, 2.75) is 41.5 Å². The van der Waals surface area contributed by atoms with Gasteiger partial charge in [0, 0.05) is 0 Å². The quantitative estimate of drug-likeness (QED) is 0.504. The third-order valence-electron chi connectivity index (χ3n) is 3.09. The number of hydrogen-bond acceptors (Lipinski definition) is 0. The Balaban J connectivity index is 3.04. The van der Waals surface area contributed by atoms with Crippen LogP contribution >= 0.6 is 0 Å². The molecule has 1 heteroatoms. The number of hydrogen-bond donors (Lipinski definition) is 0. The third kappa shape index (κ3) is 2.36. The van der Waals surface area contributed by atoms with E-state index >= 15 is 0 Å². The average molecular weight is 184 g/mol. The summed E-state index contributed by atoms with van der Waals surface area (Å²) in [6.45, 7) is 13.8. The van der Waals surface area contributed by atoms with Crippen LogP contribution in [0.25, 0.3) is 0 Å². The van der Waals surface area contributed by atoms with E-state index in [9.17, 15) is 0 Å². The number of allylic oxidation sites excluding steroid dienone is 4. The Morgan fingerprint density at radius 1 is 1.07 bits per heavy atom. The molecule has 0 nitrogen and oxygen atoms in total. The van der Waals surface area contributed by atoms with E-state index in [1.54, 1.807) is 4.25 Å². The molecule has 0 saturated carbocycles. The molecule has 74 valence electrons. The van der Waals surface area contributed by atoms with Crippen LogP contribution in [-0.2, 0) is 0 Å². The molecule has 0 N–H and O–H groups in total. The first-order chi connectivity index (χ1) is 6.14. The van der Waals surface area contributed by atoms with Gasteiger partial charge in [-0.15, -0.1) is 0 Å². The van der Waals surface area contributed by atoms with Gasteiger partial charge in [-0.1, -0.05) is 0 Å². The second kappa shape index (κ2) is 3.58. The van der Waals surface area contributed by atoms with E-state index in [4.69, 9.17) is 0 Å². The van der Waals surface area contributed by atoms with E-state index in [1.807, 2.05) is 0 Å². The minimum absolute atomic E-state index is 0.292. The van der Waals surface area contributed by atoms with Crippen LogP contribution in [0.5, 0.6) is 0 Å². The fraction of sp³-hybridized carbons (Fsp3) is 0.692. The average Bonchev–Trinajstić information content (AvgIpc) is 2.26. The molecular formula is C13H21Li. The van der Waals surface area contributed by atoms with Crippen LogP contribution in [0.4, 0.5) is 0 Å². The van der Waals surface area contributed by atoms with E-state index in [-0.39, 0.29) is 0 Å². The minimum atomic E-state index is 0.292. The topological polar surface area (TPSA) is 0 Å². The standard InChI is InChI=1S/C13H21.Li/c1-12(2,3)10-7-8-11(9-10)13(4,5)6;/h7-8,10H,1-6H3;. The summed E-state index contributed by atoms with van der Waals surface area (Å²) in [7, 11) is 0. The monoisotopic (exact) mass is 184 g/mol. The van der Waals surface area contributed by atoms with Gasteiger partial charge < -0.3 is 0 Å². The van der Waals surface area contributed by atoms with Gasteiger partial charge in [-0.2, -0.15) is 0 Å². The first kappa shape index (κ1) is 12.1. The Morgan fingerprint density at radius 2 is 1.57 bits per heavy atom. The SMILES string of the molecule is [Li][C]1=C(C(C)(C)C)C=CC1C(C)(C)C. The van der Waals surface area contributed by atoms with Crippen LogP contribution in [0, 0.1) is 16.7 Å². The predicted octanol–water partition coefficient (Wildman–Crippen LogP) is 3.69. The maximum atomic E-state index is 2.37. The molecule has 0 spiro atoms. The Morgan fingerprint density at radius 3 is 1.79 bits per heavy atom. The molecule has 1 atom stereocenters. The van der Waals surface area contributed by atoms with Gasteiger partial charge in [0.15, 0.2) is 0 Å². The molecule has 1 aliphatic rings. The van der Waals surface area contributed by atoms with Crippen molar-refractivity contribution in [3.05, 3.63) is 22.0 Å². The van der Waals surface area contributed by atoms with Crippen molar-refractivity contribution in [1.82, 2.24) is 0 Å². The summed E-state index contributed by atoms with van der Waals surface area (Å²) in [4.78, 5) is 0. The molecule has 1 rings (SSSR count). The van der Waals surface area contributed by atoms with Gasteiger partial charge in [0.25, 0.3) is 0 Å². The van der Waals surface area contributed by atoms with Crippen molar-refractivity contribution in [2.75, 3.05) is 0 Å². The van der Waals surface area contributed by atoms with Gasteiger partial charge in [-0.3, -0.25) is 0 Å². The fourth-order valence-electron chi connectivity index (χ4n) is 2.42. The van der Waals surface area contributed by atoms with E-state index in [1.165, 1.54) is 5.57 Å². The zero-order valence-corrected chi connectivity index (χ0v) is 10.7. The summed E-state index contributed by atoms with van der Waals surface area (Å²) in [5, 5.41) is 0. The molecule has 0 bridgehead atoms. The number of rotatable bonds is 0. The van der Waals surface area contributed by atoms with E-state index < -0.39 is 0 Å². The Bertz CT molecular complexity index is 281. The molecule has 0 fully saturated rings. The molecule has 14 heavy (non-hydrogen) atoms. The summed E-state index contributed by atoms with van der Waals surface area (Å²) in [6, 6.07) is 0. The zero-order chi connectivity index (χ0) is 11.1. The first-order valence-corrected chi connectivity index (χ1v) is 5.53. The molecule has 0 saturated heterocycles. The molecule has 0 aromatic rings. The van der Waals surface area contributed by atoms with Gasteiger partial charge in [0.05, 0.1) is 0 Å². The molecular weight excluding hydrogens is 163 g/mol. The first-order valence-electron chi connectivity index (χ1n) is 5.53. The van der Waals surface area contributed by atoms with Crippen LogP contribution in [0.2, 0.25) is 0 Å². The van der Waals surface area contributed by atoms with Gasteiger partial charge in [-0.05, 0) is 0 Å². The van der Waals surface area contributed by atoms with Gasteiger partial charge in [-0.25, -0.2) is 0 Å². The molecule has 1 aliphatic carbocycles. The fourth-order valence-corrected chi connectivity index (χ4v) is 2.42. The van der Waals surface area contributed by atoms with Gasteiger partial charge in [0.2, 0.25) is 0 Å². The van der Waals surface area contributed by atoms with Gasteiger partial charge >= 0.3 is 98.0 Å². The maximum absolute atomic E-state index is 2.37. The van der Waals surface area contributed by atoms with Crippen molar-refractivity contribution < 1.29 is 0 Å². The molecule has 0 aromatic carbocycles. The molecule has 0 aromatic heterocycles. The van der Waals surface area contributed by atoms with Crippen LogP contribution in [0.3, 0.4) is 0 Å². The molecule has 0 amide bonds. The molecule has 1 unspecified atom stereocenters. The Hall–Kier alpha value is 0.0774. The molecule has 0 aliphatic heterocycles. The summed E-state index contributed by atoms with van der Waals surface area (Å²) in [5.74, 6) is 0.622. The molecule has 0 radical (unpaired) electrons. The van der Waals surface area contributed by atoms with Crippen LogP contribution in [-0.4, -0.2) is 17.7 Å². The van der Waals surface area contributed by atoms with Crippen molar-refractivity contribution >= 4 is 17.7 Å². The second-order valence-electron chi connectivity index (χ2n) is 6.55. The second-order valence-corrected chi connectivity index (χ2v) is 6.55. The normalized spacial score (nSPS) is 23.6. The van der Waals surface area contributed by atoms with Crippen LogP contribution in [0.15, 0.2) is 22.0 Å². The van der Waals surface area contributed by atoms with Crippen molar-refractivity contribution in [1.29, 1.82) is 0 Å². The van der Waals surface area contributed by atoms with Crippen LogP contribution in [0.1, 0.15) is 41.5 Å². The van der Waals surface area contributed by atoms with Crippen molar-refractivity contribution in [2.24, 2.45) is 16.7 Å². The summed E-state index contributed by atoms with van der Waals surface area (Å²) in [6.07, 6.45) is 4.70. The van der Waals surface area contributed by atoms with Crippen molar-refractivity contribution in [3.8, 4) is 0 Å². The zero-order valence-electron chi connectivity index (χ0n) is 10.7. The molecule has 0 heterocycles.